The van der Waals surface area contributed by atoms with Crippen molar-refractivity contribution in [2.45, 2.75) is 12.8 Å². The Morgan fingerprint density at radius 1 is 1.29 bits per heavy atom. The number of fused-ring (bicyclic) bond motifs is 1. The maximum absolute atomic E-state index is 9.51. The van der Waals surface area contributed by atoms with Crippen molar-refractivity contribution in [1.82, 2.24) is 14.8 Å². The normalized spacial score (nSPS) is 17.3. The second-order valence-corrected chi connectivity index (χ2v) is 6.48. The molecular formula is C19H19N5. The minimum atomic E-state index is 0.590. The van der Waals surface area contributed by atoms with Crippen molar-refractivity contribution in [3.8, 4) is 6.07 Å². The molecule has 1 aliphatic rings. The Labute approximate surface area is 141 Å². The highest BCUT2D eigenvalue weighted by atomic mass is 15.2. The summed E-state index contributed by atoms with van der Waals surface area (Å²) in [5.41, 5.74) is 3.93. The zero-order valence-corrected chi connectivity index (χ0v) is 13.7. The number of rotatable bonds is 3. The number of nitrogens with zero attached hydrogens (tertiary/aromatic N) is 5. The fourth-order valence-electron chi connectivity index (χ4n) is 3.66. The van der Waals surface area contributed by atoms with Crippen LogP contribution in [0.3, 0.4) is 0 Å². The van der Waals surface area contributed by atoms with Crippen LogP contribution in [0.5, 0.6) is 0 Å². The molecule has 0 bridgehead atoms. The lowest BCUT2D eigenvalue weighted by molar-refractivity contribution is 0.586. The van der Waals surface area contributed by atoms with Crippen molar-refractivity contribution in [3.63, 3.8) is 0 Å². The smallest absolute Gasteiger partial charge is 0.103 e. The van der Waals surface area contributed by atoms with E-state index in [4.69, 9.17) is 0 Å². The van der Waals surface area contributed by atoms with Crippen molar-refractivity contribution in [2.24, 2.45) is 13.0 Å². The average molecular weight is 317 g/mol. The monoisotopic (exact) mass is 317 g/mol. The number of anilines is 1. The molecule has 1 fully saturated rings. The molecule has 1 unspecified atom stereocenters. The van der Waals surface area contributed by atoms with Gasteiger partial charge < -0.3 is 4.90 Å². The SMILES string of the molecule is Cn1cc(CC2CCN(c3c(C#N)cnc4ccccc34)C2)cn1. The van der Waals surface area contributed by atoms with Gasteiger partial charge in [-0.3, -0.25) is 9.67 Å². The molecule has 0 radical (unpaired) electrons. The van der Waals surface area contributed by atoms with Crippen molar-refractivity contribution in [3.05, 3.63) is 54.0 Å². The van der Waals surface area contributed by atoms with E-state index in [1.54, 1.807) is 6.20 Å². The fourth-order valence-corrected chi connectivity index (χ4v) is 3.66. The summed E-state index contributed by atoms with van der Waals surface area (Å²) < 4.78 is 1.85. The van der Waals surface area contributed by atoms with Crippen LogP contribution in [-0.4, -0.2) is 27.9 Å². The summed E-state index contributed by atoms with van der Waals surface area (Å²) in [5, 5.41) is 14.8. The first kappa shape index (κ1) is 14.7. The third-order valence-electron chi connectivity index (χ3n) is 4.75. The molecular weight excluding hydrogens is 298 g/mol. The van der Waals surface area contributed by atoms with Gasteiger partial charge in [0.1, 0.15) is 6.07 Å². The number of aromatic nitrogens is 3. The van der Waals surface area contributed by atoms with E-state index >= 15 is 0 Å². The van der Waals surface area contributed by atoms with Crippen molar-refractivity contribution in [1.29, 1.82) is 5.26 Å². The van der Waals surface area contributed by atoms with E-state index < -0.39 is 0 Å². The quantitative estimate of drug-likeness (QED) is 0.745. The Bertz CT molecular complexity index is 921. The van der Waals surface area contributed by atoms with Crippen LogP contribution in [0.4, 0.5) is 5.69 Å². The van der Waals surface area contributed by atoms with Crippen LogP contribution < -0.4 is 4.90 Å². The number of hydrogen-bond acceptors (Lipinski definition) is 4. The highest BCUT2D eigenvalue weighted by Gasteiger charge is 2.26. The van der Waals surface area contributed by atoms with Crippen LogP contribution in [0, 0.1) is 17.2 Å². The van der Waals surface area contributed by atoms with Gasteiger partial charge in [-0.25, -0.2) is 0 Å². The van der Waals surface area contributed by atoms with Crippen LogP contribution in [0.1, 0.15) is 17.5 Å². The van der Waals surface area contributed by atoms with Crippen LogP contribution >= 0.6 is 0 Å². The van der Waals surface area contributed by atoms with E-state index in [1.165, 1.54) is 5.56 Å². The lowest BCUT2D eigenvalue weighted by Crippen LogP contribution is -2.21. The molecule has 5 heteroatoms. The first-order valence-electron chi connectivity index (χ1n) is 8.25. The zero-order chi connectivity index (χ0) is 16.5. The third kappa shape index (κ3) is 2.61. The van der Waals surface area contributed by atoms with E-state index in [9.17, 15) is 5.26 Å². The van der Waals surface area contributed by atoms with Gasteiger partial charge in [-0.05, 0) is 30.4 Å². The Balaban J connectivity index is 1.63. The molecule has 1 saturated heterocycles. The molecule has 3 aromatic rings. The second-order valence-electron chi connectivity index (χ2n) is 6.48. The summed E-state index contributed by atoms with van der Waals surface area (Å²) in [4.78, 5) is 6.76. The summed E-state index contributed by atoms with van der Waals surface area (Å²) in [6.07, 6.45) is 7.91. The van der Waals surface area contributed by atoms with Crippen molar-refractivity contribution in [2.75, 3.05) is 18.0 Å². The van der Waals surface area contributed by atoms with Gasteiger partial charge >= 0.3 is 0 Å². The number of nitriles is 1. The Kier molecular flexibility index (Phi) is 3.66. The van der Waals surface area contributed by atoms with Gasteiger partial charge in [0.15, 0.2) is 0 Å². The Morgan fingerprint density at radius 3 is 2.96 bits per heavy atom. The van der Waals surface area contributed by atoms with Gasteiger partial charge in [-0.15, -0.1) is 0 Å². The number of pyridine rings is 1. The molecule has 24 heavy (non-hydrogen) atoms. The Morgan fingerprint density at radius 2 is 2.17 bits per heavy atom. The molecule has 0 spiro atoms. The molecule has 1 aromatic carbocycles. The summed E-state index contributed by atoms with van der Waals surface area (Å²) in [5.74, 6) is 0.590. The molecule has 1 aliphatic heterocycles. The number of hydrogen-bond donors (Lipinski definition) is 0. The minimum Gasteiger partial charge on any atom is -0.370 e. The van der Waals surface area contributed by atoms with E-state index in [2.05, 4.69) is 33.3 Å². The fraction of sp³-hybridized carbons (Fsp3) is 0.316. The standard InChI is InChI=1S/C19H19N5/c1-23-12-15(10-22-23)8-14-6-7-24(13-14)19-16(9-20)11-21-18-5-3-2-4-17(18)19/h2-5,10-12,14H,6-8,13H2,1H3. The maximum atomic E-state index is 9.51. The van der Waals surface area contributed by atoms with E-state index in [-0.39, 0.29) is 0 Å². The summed E-state index contributed by atoms with van der Waals surface area (Å²) in [6.45, 7) is 1.95. The minimum absolute atomic E-state index is 0.590. The lowest BCUT2D eigenvalue weighted by Gasteiger charge is -2.21. The molecule has 120 valence electrons. The predicted octanol–water partition coefficient (Wildman–Crippen LogP) is 2.91. The molecule has 5 nitrogen and oxygen atoms in total. The summed E-state index contributed by atoms with van der Waals surface area (Å²) in [7, 11) is 1.95. The largest absolute Gasteiger partial charge is 0.370 e. The van der Waals surface area contributed by atoms with E-state index in [0.717, 1.165) is 42.5 Å². The maximum Gasteiger partial charge on any atom is 0.103 e. The lowest BCUT2D eigenvalue weighted by atomic mass is 10.0. The highest BCUT2D eigenvalue weighted by Crippen LogP contribution is 2.33. The van der Waals surface area contributed by atoms with E-state index in [0.29, 0.717) is 11.5 Å². The molecule has 0 N–H and O–H groups in total. The van der Waals surface area contributed by atoms with Crippen LogP contribution in [0.2, 0.25) is 0 Å². The first-order valence-corrected chi connectivity index (χ1v) is 8.25. The van der Waals surface area contributed by atoms with Crippen LogP contribution in [0.25, 0.3) is 10.9 Å². The Hall–Kier alpha value is -2.87. The van der Waals surface area contributed by atoms with Gasteiger partial charge in [-0.2, -0.15) is 10.4 Å². The molecule has 0 amide bonds. The van der Waals surface area contributed by atoms with Gasteiger partial charge in [0, 0.05) is 37.9 Å². The molecule has 4 rings (SSSR count). The molecule has 3 heterocycles. The predicted molar refractivity (Wildman–Crippen MR) is 93.7 cm³/mol. The average Bonchev–Trinajstić information content (AvgIpc) is 3.23. The van der Waals surface area contributed by atoms with Crippen LogP contribution in [-0.2, 0) is 13.5 Å². The third-order valence-corrected chi connectivity index (χ3v) is 4.75. The summed E-state index contributed by atoms with van der Waals surface area (Å²) >= 11 is 0. The van der Waals surface area contributed by atoms with Gasteiger partial charge in [0.25, 0.3) is 0 Å². The molecule has 1 atom stereocenters. The first-order chi connectivity index (χ1) is 11.7. The van der Waals surface area contributed by atoms with Gasteiger partial charge in [-0.1, -0.05) is 18.2 Å². The molecule has 0 aliphatic carbocycles. The van der Waals surface area contributed by atoms with Gasteiger partial charge in [0.05, 0.1) is 23.0 Å². The summed E-state index contributed by atoms with van der Waals surface area (Å²) in [6, 6.07) is 10.4. The number of benzene rings is 1. The highest BCUT2D eigenvalue weighted by molar-refractivity contribution is 5.94. The zero-order valence-electron chi connectivity index (χ0n) is 13.7. The van der Waals surface area contributed by atoms with Crippen molar-refractivity contribution >= 4 is 16.6 Å². The van der Waals surface area contributed by atoms with Crippen molar-refractivity contribution < 1.29 is 0 Å². The molecule has 0 saturated carbocycles. The molecule has 2 aromatic heterocycles. The second kappa shape index (κ2) is 5.97. The van der Waals surface area contributed by atoms with E-state index in [1.807, 2.05) is 36.1 Å². The topological polar surface area (TPSA) is 57.7 Å². The van der Waals surface area contributed by atoms with Crippen LogP contribution in [0.15, 0.2) is 42.9 Å². The van der Waals surface area contributed by atoms with Gasteiger partial charge in [0.2, 0.25) is 0 Å². The number of aryl methyl sites for hydroxylation is 1. The number of para-hydroxylation sites is 1.